The number of halogens is 2. The minimum Gasteiger partial charge on any atom is -0.340 e. The van der Waals surface area contributed by atoms with Crippen LogP contribution in [0.2, 0.25) is 10.0 Å². The predicted molar refractivity (Wildman–Crippen MR) is 93.6 cm³/mol. The summed E-state index contributed by atoms with van der Waals surface area (Å²) in [4.78, 5) is 22.4. The van der Waals surface area contributed by atoms with Gasteiger partial charge in [-0.1, -0.05) is 36.5 Å². The molecule has 0 aliphatic heterocycles. The van der Waals surface area contributed by atoms with Crippen molar-refractivity contribution in [2.24, 2.45) is 0 Å². The van der Waals surface area contributed by atoms with Crippen LogP contribution in [0.15, 0.2) is 30.5 Å². The summed E-state index contributed by atoms with van der Waals surface area (Å²) in [6.07, 6.45) is 3.54. The standard InChI is InChI=1S/C16H18Cl2N4O/c1-3-4-9-22(2)15(23)14-7-8-19-16(21-14)20-11-5-6-12(17)13(18)10-11/h5-8,10H,3-4,9H2,1-2H3,(H,19,20,21). The van der Waals surface area contributed by atoms with E-state index in [-0.39, 0.29) is 5.91 Å². The third-order valence-corrected chi connectivity index (χ3v) is 3.98. The lowest BCUT2D eigenvalue weighted by Crippen LogP contribution is -2.28. The number of anilines is 2. The van der Waals surface area contributed by atoms with Gasteiger partial charge >= 0.3 is 0 Å². The normalized spacial score (nSPS) is 10.4. The highest BCUT2D eigenvalue weighted by Gasteiger charge is 2.13. The molecule has 0 fully saturated rings. The van der Waals surface area contributed by atoms with Gasteiger partial charge in [0.1, 0.15) is 5.69 Å². The largest absolute Gasteiger partial charge is 0.340 e. The van der Waals surface area contributed by atoms with E-state index >= 15 is 0 Å². The van der Waals surface area contributed by atoms with Crippen molar-refractivity contribution in [3.63, 3.8) is 0 Å². The van der Waals surface area contributed by atoms with Crippen molar-refractivity contribution in [3.05, 3.63) is 46.2 Å². The van der Waals surface area contributed by atoms with Crippen molar-refractivity contribution in [2.45, 2.75) is 19.8 Å². The van der Waals surface area contributed by atoms with E-state index < -0.39 is 0 Å². The lowest BCUT2D eigenvalue weighted by atomic mass is 10.3. The van der Waals surface area contributed by atoms with E-state index in [9.17, 15) is 4.79 Å². The molecule has 0 aliphatic carbocycles. The molecule has 0 aliphatic rings. The lowest BCUT2D eigenvalue weighted by molar-refractivity contribution is 0.0787. The highest BCUT2D eigenvalue weighted by molar-refractivity contribution is 6.42. The van der Waals surface area contributed by atoms with Crippen LogP contribution in [0.3, 0.4) is 0 Å². The Balaban J connectivity index is 2.13. The van der Waals surface area contributed by atoms with Crippen LogP contribution in [0.1, 0.15) is 30.3 Å². The SMILES string of the molecule is CCCCN(C)C(=O)c1ccnc(Nc2ccc(Cl)c(Cl)c2)n1. The maximum absolute atomic E-state index is 12.3. The summed E-state index contributed by atoms with van der Waals surface area (Å²) in [5.41, 5.74) is 1.05. The van der Waals surface area contributed by atoms with Gasteiger partial charge < -0.3 is 10.2 Å². The molecular weight excluding hydrogens is 335 g/mol. The first-order valence-corrected chi connectivity index (χ1v) is 8.07. The van der Waals surface area contributed by atoms with Crippen LogP contribution in [0.25, 0.3) is 0 Å². The summed E-state index contributed by atoms with van der Waals surface area (Å²) in [6, 6.07) is 6.72. The average Bonchev–Trinajstić information content (AvgIpc) is 2.55. The Labute approximate surface area is 145 Å². The van der Waals surface area contributed by atoms with E-state index in [2.05, 4.69) is 22.2 Å². The Morgan fingerprint density at radius 1 is 1.26 bits per heavy atom. The van der Waals surface area contributed by atoms with E-state index in [0.717, 1.165) is 12.8 Å². The Hall–Kier alpha value is -1.85. The summed E-state index contributed by atoms with van der Waals surface area (Å²) in [7, 11) is 1.77. The minimum atomic E-state index is -0.127. The summed E-state index contributed by atoms with van der Waals surface area (Å²) in [6.45, 7) is 2.79. The number of aromatic nitrogens is 2. The fourth-order valence-electron chi connectivity index (χ4n) is 1.93. The van der Waals surface area contributed by atoms with Crippen LogP contribution in [0.4, 0.5) is 11.6 Å². The number of nitrogens with one attached hydrogen (secondary N) is 1. The van der Waals surface area contributed by atoms with Crippen molar-refractivity contribution in [3.8, 4) is 0 Å². The second kappa shape index (κ2) is 8.13. The van der Waals surface area contributed by atoms with E-state index in [0.29, 0.717) is 33.9 Å². The van der Waals surface area contributed by atoms with Crippen LogP contribution >= 0.6 is 23.2 Å². The number of benzene rings is 1. The number of carbonyl (C=O) groups excluding carboxylic acids is 1. The molecule has 2 rings (SSSR count). The van der Waals surface area contributed by atoms with Gasteiger partial charge in [-0.2, -0.15) is 0 Å². The number of hydrogen-bond acceptors (Lipinski definition) is 4. The van der Waals surface area contributed by atoms with Gasteiger partial charge in [-0.05, 0) is 30.7 Å². The molecular formula is C16H18Cl2N4O. The first-order valence-electron chi connectivity index (χ1n) is 7.32. The molecule has 7 heteroatoms. The minimum absolute atomic E-state index is 0.127. The summed E-state index contributed by atoms with van der Waals surface area (Å²) >= 11 is 11.9. The van der Waals surface area contributed by atoms with Crippen molar-refractivity contribution in [1.82, 2.24) is 14.9 Å². The molecule has 0 saturated heterocycles. The molecule has 1 amide bonds. The van der Waals surface area contributed by atoms with Crippen molar-refractivity contribution >= 4 is 40.7 Å². The molecule has 0 saturated carbocycles. The van der Waals surface area contributed by atoms with Crippen molar-refractivity contribution < 1.29 is 4.79 Å². The number of rotatable bonds is 6. The van der Waals surface area contributed by atoms with Gasteiger partial charge in [-0.3, -0.25) is 4.79 Å². The maximum atomic E-state index is 12.3. The maximum Gasteiger partial charge on any atom is 0.272 e. The van der Waals surface area contributed by atoms with Crippen LogP contribution < -0.4 is 5.32 Å². The van der Waals surface area contributed by atoms with Gasteiger partial charge in [0.2, 0.25) is 5.95 Å². The van der Waals surface area contributed by atoms with E-state index in [1.165, 1.54) is 0 Å². The molecule has 0 atom stereocenters. The molecule has 1 aromatic carbocycles. The van der Waals surface area contributed by atoms with Crippen molar-refractivity contribution in [1.29, 1.82) is 0 Å². The molecule has 5 nitrogen and oxygen atoms in total. The summed E-state index contributed by atoms with van der Waals surface area (Å²) < 4.78 is 0. The smallest absolute Gasteiger partial charge is 0.272 e. The predicted octanol–water partition coefficient (Wildman–Crippen LogP) is 4.40. The first kappa shape index (κ1) is 17.5. The van der Waals surface area contributed by atoms with E-state index in [1.807, 2.05) is 0 Å². The van der Waals surface area contributed by atoms with Gasteiger partial charge in [0.15, 0.2) is 0 Å². The second-order valence-electron chi connectivity index (χ2n) is 5.10. The molecule has 23 heavy (non-hydrogen) atoms. The number of hydrogen-bond donors (Lipinski definition) is 1. The van der Waals surface area contributed by atoms with Gasteiger partial charge in [-0.25, -0.2) is 9.97 Å². The molecule has 1 N–H and O–H groups in total. The van der Waals surface area contributed by atoms with Crippen LogP contribution in [-0.4, -0.2) is 34.4 Å². The third-order valence-electron chi connectivity index (χ3n) is 3.24. The molecule has 122 valence electrons. The molecule has 2 aromatic rings. The molecule has 1 heterocycles. The highest BCUT2D eigenvalue weighted by Crippen LogP contribution is 2.26. The molecule has 1 aromatic heterocycles. The summed E-state index contributed by atoms with van der Waals surface area (Å²) in [5.74, 6) is 0.205. The molecule has 0 unspecified atom stereocenters. The first-order chi connectivity index (χ1) is 11.0. The number of unbranched alkanes of at least 4 members (excludes halogenated alkanes) is 1. The third kappa shape index (κ3) is 4.81. The lowest BCUT2D eigenvalue weighted by Gasteiger charge is -2.16. The number of amides is 1. The second-order valence-corrected chi connectivity index (χ2v) is 5.91. The van der Waals surface area contributed by atoms with Gasteiger partial charge in [0.25, 0.3) is 5.91 Å². The fraction of sp³-hybridized carbons (Fsp3) is 0.312. The van der Waals surface area contributed by atoms with Gasteiger partial charge in [0.05, 0.1) is 10.0 Å². The number of nitrogens with zero attached hydrogens (tertiary/aromatic N) is 3. The van der Waals surface area contributed by atoms with Crippen LogP contribution in [-0.2, 0) is 0 Å². The monoisotopic (exact) mass is 352 g/mol. The highest BCUT2D eigenvalue weighted by atomic mass is 35.5. The number of carbonyl (C=O) groups is 1. The zero-order valence-electron chi connectivity index (χ0n) is 13.0. The van der Waals surface area contributed by atoms with Crippen LogP contribution in [0.5, 0.6) is 0 Å². The topological polar surface area (TPSA) is 58.1 Å². The van der Waals surface area contributed by atoms with Crippen LogP contribution in [0, 0.1) is 0 Å². The molecule has 0 bridgehead atoms. The zero-order chi connectivity index (χ0) is 16.8. The van der Waals surface area contributed by atoms with Gasteiger partial charge in [-0.15, -0.1) is 0 Å². The summed E-state index contributed by atoms with van der Waals surface area (Å²) in [5, 5.41) is 3.92. The Kier molecular flexibility index (Phi) is 6.19. The van der Waals surface area contributed by atoms with Gasteiger partial charge in [0, 0.05) is 25.5 Å². The quantitative estimate of drug-likeness (QED) is 0.836. The average molecular weight is 353 g/mol. The Morgan fingerprint density at radius 3 is 2.74 bits per heavy atom. The van der Waals surface area contributed by atoms with Crippen molar-refractivity contribution in [2.75, 3.05) is 18.9 Å². The fourth-order valence-corrected chi connectivity index (χ4v) is 2.23. The Morgan fingerprint density at radius 2 is 2.04 bits per heavy atom. The molecule has 0 spiro atoms. The molecule has 0 radical (unpaired) electrons. The van der Waals surface area contributed by atoms with E-state index in [1.54, 1.807) is 42.4 Å². The Bertz CT molecular complexity index is 694. The zero-order valence-corrected chi connectivity index (χ0v) is 14.5. The van der Waals surface area contributed by atoms with E-state index in [4.69, 9.17) is 23.2 Å².